The fourth-order valence-electron chi connectivity index (χ4n) is 4.38. The molecular weight excluding hydrogens is 402 g/mol. The molecule has 0 N–H and O–H groups in total. The van der Waals surface area contributed by atoms with Gasteiger partial charge < -0.3 is 14.4 Å². The standard InChI is InChI=1S/C27H35NO4/c1-19(2)17-20-5-7-21(8-6-20)27(30)22-13-15-28(16-14-22)26(29)12-9-23-18-24(31-3)10-11-25(23)32-4/h5-8,10-11,18-19,22H,9,12-17H2,1-4H3. The molecule has 0 saturated carbocycles. The molecule has 1 saturated heterocycles. The van der Waals surface area contributed by atoms with Crippen LogP contribution in [0.2, 0.25) is 0 Å². The van der Waals surface area contributed by atoms with E-state index in [1.54, 1.807) is 14.2 Å². The smallest absolute Gasteiger partial charge is 0.222 e. The Hall–Kier alpha value is -2.82. The van der Waals surface area contributed by atoms with Crippen LogP contribution in [0.1, 0.15) is 54.6 Å². The van der Waals surface area contributed by atoms with E-state index in [0.29, 0.717) is 31.8 Å². The molecule has 1 amide bonds. The van der Waals surface area contributed by atoms with Crippen molar-refractivity contribution in [1.82, 2.24) is 4.90 Å². The van der Waals surface area contributed by atoms with Crippen molar-refractivity contribution in [2.24, 2.45) is 11.8 Å². The van der Waals surface area contributed by atoms with Crippen LogP contribution < -0.4 is 9.47 Å². The van der Waals surface area contributed by atoms with Crippen molar-refractivity contribution in [3.05, 3.63) is 59.2 Å². The van der Waals surface area contributed by atoms with Crippen LogP contribution >= 0.6 is 0 Å². The molecule has 5 nitrogen and oxygen atoms in total. The van der Waals surface area contributed by atoms with Crippen molar-refractivity contribution in [3.8, 4) is 11.5 Å². The van der Waals surface area contributed by atoms with Crippen LogP contribution in [-0.2, 0) is 17.6 Å². The van der Waals surface area contributed by atoms with E-state index in [-0.39, 0.29) is 17.6 Å². The number of carbonyl (C=O) groups excluding carboxylic acids is 2. The summed E-state index contributed by atoms with van der Waals surface area (Å²) in [4.78, 5) is 27.6. The van der Waals surface area contributed by atoms with Crippen molar-refractivity contribution >= 4 is 11.7 Å². The Morgan fingerprint density at radius 1 is 1.00 bits per heavy atom. The number of aryl methyl sites for hydroxylation is 1. The summed E-state index contributed by atoms with van der Waals surface area (Å²) in [5.74, 6) is 2.44. The summed E-state index contributed by atoms with van der Waals surface area (Å²) in [6, 6.07) is 13.7. The summed E-state index contributed by atoms with van der Waals surface area (Å²) in [5, 5.41) is 0. The van der Waals surface area contributed by atoms with E-state index in [1.807, 2.05) is 35.2 Å². The van der Waals surface area contributed by atoms with Gasteiger partial charge in [-0.15, -0.1) is 0 Å². The van der Waals surface area contributed by atoms with E-state index in [4.69, 9.17) is 9.47 Å². The number of hydrogen-bond acceptors (Lipinski definition) is 4. The molecule has 0 unspecified atom stereocenters. The van der Waals surface area contributed by atoms with Gasteiger partial charge in [0.15, 0.2) is 5.78 Å². The zero-order valence-corrected chi connectivity index (χ0v) is 19.7. The third-order valence-electron chi connectivity index (χ3n) is 6.20. The second-order valence-electron chi connectivity index (χ2n) is 8.99. The second-order valence-corrected chi connectivity index (χ2v) is 8.99. The monoisotopic (exact) mass is 437 g/mol. The minimum absolute atomic E-state index is 0.00604. The number of piperidine rings is 1. The highest BCUT2D eigenvalue weighted by Gasteiger charge is 2.28. The van der Waals surface area contributed by atoms with Crippen molar-refractivity contribution in [3.63, 3.8) is 0 Å². The fraction of sp³-hybridized carbons (Fsp3) is 0.481. The van der Waals surface area contributed by atoms with Crippen LogP contribution in [-0.4, -0.2) is 43.9 Å². The molecule has 1 fully saturated rings. The normalized spacial score (nSPS) is 14.5. The molecule has 0 aromatic heterocycles. The molecule has 0 radical (unpaired) electrons. The summed E-state index contributed by atoms with van der Waals surface area (Å²) in [7, 11) is 3.26. The maximum atomic E-state index is 12.9. The number of methoxy groups -OCH3 is 2. The predicted molar refractivity (Wildman–Crippen MR) is 126 cm³/mol. The molecule has 0 bridgehead atoms. The number of ketones is 1. The summed E-state index contributed by atoms with van der Waals surface area (Å²) >= 11 is 0. The summed E-state index contributed by atoms with van der Waals surface area (Å²) < 4.78 is 10.7. The van der Waals surface area contributed by atoms with Crippen molar-refractivity contribution in [1.29, 1.82) is 0 Å². The lowest BCUT2D eigenvalue weighted by Crippen LogP contribution is -2.40. The average molecular weight is 438 g/mol. The molecule has 3 rings (SSSR count). The predicted octanol–water partition coefficient (Wildman–Crippen LogP) is 4.96. The van der Waals surface area contributed by atoms with Gasteiger partial charge in [0.05, 0.1) is 14.2 Å². The summed E-state index contributed by atoms with van der Waals surface area (Å²) in [6.07, 6.45) is 3.48. The van der Waals surface area contributed by atoms with E-state index in [2.05, 4.69) is 26.0 Å². The van der Waals surface area contributed by atoms with Gasteiger partial charge in [-0.2, -0.15) is 0 Å². The Bertz CT molecular complexity index is 912. The first-order valence-electron chi connectivity index (χ1n) is 11.5. The Kier molecular flexibility index (Phi) is 8.32. The largest absolute Gasteiger partial charge is 0.497 e. The number of likely N-dealkylation sites (tertiary alicyclic amines) is 1. The molecule has 1 heterocycles. The average Bonchev–Trinajstić information content (AvgIpc) is 2.82. The first-order valence-corrected chi connectivity index (χ1v) is 11.5. The third kappa shape index (κ3) is 6.12. The van der Waals surface area contributed by atoms with Crippen LogP contribution in [0.5, 0.6) is 11.5 Å². The molecule has 172 valence electrons. The fourth-order valence-corrected chi connectivity index (χ4v) is 4.38. The lowest BCUT2D eigenvalue weighted by atomic mass is 9.88. The third-order valence-corrected chi connectivity index (χ3v) is 6.20. The Morgan fingerprint density at radius 2 is 1.69 bits per heavy atom. The molecule has 0 atom stereocenters. The minimum atomic E-state index is -0.00604. The van der Waals surface area contributed by atoms with Crippen LogP contribution in [0.15, 0.2) is 42.5 Å². The molecule has 5 heteroatoms. The SMILES string of the molecule is COc1ccc(OC)c(CCC(=O)N2CCC(C(=O)c3ccc(CC(C)C)cc3)CC2)c1. The topological polar surface area (TPSA) is 55.8 Å². The highest BCUT2D eigenvalue weighted by atomic mass is 16.5. The number of rotatable bonds is 9. The number of nitrogens with zero attached hydrogens (tertiary/aromatic N) is 1. The van der Waals surface area contributed by atoms with Crippen molar-refractivity contribution < 1.29 is 19.1 Å². The van der Waals surface area contributed by atoms with Gasteiger partial charge in [-0.1, -0.05) is 38.1 Å². The van der Waals surface area contributed by atoms with Gasteiger partial charge in [0.1, 0.15) is 11.5 Å². The van der Waals surface area contributed by atoms with Crippen LogP contribution in [0.4, 0.5) is 0 Å². The Labute approximate surface area is 191 Å². The highest BCUT2D eigenvalue weighted by Crippen LogP contribution is 2.27. The number of amides is 1. The molecule has 2 aromatic rings. The molecule has 1 aliphatic heterocycles. The van der Waals surface area contributed by atoms with E-state index in [1.165, 1.54) is 5.56 Å². The van der Waals surface area contributed by atoms with Crippen molar-refractivity contribution in [2.45, 2.75) is 46.0 Å². The molecule has 0 aliphatic carbocycles. The lowest BCUT2D eigenvalue weighted by molar-refractivity contribution is -0.132. The van der Waals surface area contributed by atoms with Gasteiger partial charge in [0.25, 0.3) is 0 Å². The number of hydrogen-bond donors (Lipinski definition) is 0. The first-order chi connectivity index (χ1) is 15.4. The first kappa shape index (κ1) is 23.8. The maximum absolute atomic E-state index is 12.9. The van der Waals surface area contributed by atoms with Crippen LogP contribution in [0.25, 0.3) is 0 Å². The Morgan fingerprint density at radius 3 is 2.28 bits per heavy atom. The molecular formula is C27H35NO4. The van der Waals surface area contributed by atoms with Gasteiger partial charge >= 0.3 is 0 Å². The maximum Gasteiger partial charge on any atom is 0.222 e. The summed E-state index contributed by atoms with van der Waals surface area (Å²) in [5.41, 5.74) is 3.02. The Balaban J connectivity index is 1.51. The minimum Gasteiger partial charge on any atom is -0.497 e. The quantitative estimate of drug-likeness (QED) is 0.521. The lowest BCUT2D eigenvalue weighted by Gasteiger charge is -2.31. The number of Topliss-reactive ketones (excluding diaryl/α,β-unsaturated/α-hetero) is 1. The van der Waals surface area contributed by atoms with Gasteiger partial charge in [0, 0.05) is 31.0 Å². The van der Waals surface area contributed by atoms with E-state index >= 15 is 0 Å². The highest BCUT2D eigenvalue weighted by molar-refractivity contribution is 5.98. The number of ether oxygens (including phenoxy) is 2. The van der Waals surface area contributed by atoms with Gasteiger partial charge in [0.2, 0.25) is 5.91 Å². The summed E-state index contributed by atoms with van der Waals surface area (Å²) in [6.45, 7) is 5.66. The van der Waals surface area contributed by atoms with Crippen molar-refractivity contribution in [2.75, 3.05) is 27.3 Å². The van der Waals surface area contributed by atoms with Gasteiger partial charge in [-0.3, -0.25) is 9.59 Å². The number of carbonyl (C=O) groups is 2. The zero-order chi connectivity index (χ0) is 23.1. The van der Waals surface area contributed by atoms with E-state index in [9.17, 15) is 9.59 Å². The van der Waals surface area contributed by atoms with Crippen LogP contribution in [0, 0.1) is 11.8 Å². The molecule has 32 heavy (non-hydrogen) atoms. The zero-order valence-electron chi connectivity index (χ0n) is 19.7. The van der Waals surface area contributed by atoms with E-state index < -0.39 is 0 Å². The number of benzene rings is 2. The molecule has 1 aliphatic rings. The van der Waals surface area contributed by atoms with Gasteiger partial charge in [-0.25, -0.2) is 0 Å². The van der Waals surface area contributed by atoms with E-state index in [0.717, 1.165) is 41.9 Å². The van der Waals surface area contributed by atoms with Gasteiger partial charge in [-0.05, 0) is 60.9 Å². The molecule has 0 spiro atoms. The van der Waals surface area contributed by atoms with Crippen LogP contribution in [0.3, 0.4) is 0 Å². The molecule has 2 aromatic carbocycles. The second kappa shape index (κ2) is 11.2.